The second kappa shape index (κ2) is 6.24. The minimum absolute atomic E-state index is 0.0550. The summed E-state index contributed by atoms with van der Waals surface area (Å²) >= 11 is 0. The molecule has 0 N–H and O–H groups in total. The van der Waals surface area contributed by atoms with Crippen LogP contribution in [0.2, 0.25) is 0 Å². The summed E-state index contributed by atoms with van der Waals surface area (Å²) in [7, 11) is 0. The van der Waals surface area contributed by atoms with E-state index in [2.05, 4.69) is 4.98 Å². The van der Waals surface area contributed by atoms with Crippen LogP contribution in [-0.2, 0) is 4.74 Å². The molecule has 24 heavy (non-hydrogen) atoms. The van der Waals surface area contributed by atoms with Gasteiger partial charge in [0, 0.05) is 12.7 Å². The van der Waals surface area contributed by atoms with E-state index in [0.717, 1.165) is 12.8 Å². The summed E-state index contributed by atoms with van der Waals surface area (Å²) in [5.41, 5.74) is 0.489. The van der Waals surface area contributed by atoms with Gasteiger partial charge in [0.2, 0.25) is 0 Å². The van der Waals surface area contributed by atoms with Gasteiger partial charge in [0.05, 0.1) is 30.6 Å². The second-order valence-electron chi connectivity index (χ2n) is 5.94. The van der Waals surface area contributed by atoms with E-state index in [1.165, 1.54) is 30.9 Å². The lowest BCUT2D eigenvalue weighted by Crippen LogP contribution is -2.47. The summed E-state index contributed by atoms with van der Waals surface area (Å²) in [5, 5.41) is 0. The number of halogens is 1. The van der Waals surface area contributed by atoms with Crippen LogP contribution < -0.4 is 4.74 Å². The molecule has 1 aliphatic carbocycles. The molecule has 1 aliphatic heterocycles. The highest BCUT2D eigenvalue weighted by Crippen LogP contribution is 2.33. The molecule has 0 spiro atoms. The van der Waals surface area contributed by atoms with Gasteiger partial charge in [-0.15, -0.1) is 0 Å². The molecule has 2 aromatic rings. The molecule has 6 nitrogen and oxygen atoms in total. The highest BCUT2D eigenvalue weighted by atomic mass is 19.1. The Morgan fingerprint density at radius 1 is 1.38 bits per heavy atom. The normalized spacial score (nSPS) is 26.2. The van der Waals surface area contributed by atoms with Gasteiger partial charge >= 0.3 is 0 Å². The number of nitrogens with zero attached hydrogens (tertiary/aromatic N) is 2. The Labute approximate surface area is 138 Å². The summed E-state index contributed by atoms with van der Waals surface area (Å²) in [6.07, 6.45) is 5.27. The number of fused-ring (bicyclic) bond motifs is 2. The number of amides is 1. The largest absolute Gasteiger partial charge is 0.472 e. The van der Waals surface area contributed by atoms with Crippen LogP contribution in [0.5, 0.6) is 5.88 Å². The SMILES string of the molecule is O=C(c1ccoc1)N1CCOC2CCC1C2Oc1ncccc1F. The maximum absolute atomic E-state index is 13.9. The first-order valence-corrected chi connectivity index (χ1v) is 7.96. The number of carbonyl (C=O) groups excluding carboxylic acids is 1. The number of hydrogen-bond donors (Lipinski definition) is 0. The van der Waals surface area contributed by atoms with E-state index in [1.54, 1.807) is 11.0 Å². The zero-order valence-electron chi connectivity index (χ0n) is 12.9. The van der Waals surface area contributed by atoms with E-state index in [0.29, 0.717) is 18.7 Å². The van der Waals surface area contributed by atoms with Gasteiger partial charge in [-0.2, -0.15) is 0 Å². The molecule has 126 valence electrons. The number of pyridine rings is 1. The van der Waals surface area contributed by atoms with Crippen LogP contribution >= 0.6 is 0 Å². The summed E-state index contributed by atoms with van der Waals surface area (Å²) < 4.78 is 30.5. The minimum Gasteiger partial charge on any atom is -0.472 e. The average molecular weight is 332 g/mol. The summed E-state index contributed by atoms with van der Waals surface area (Å²) in [6, 6.07) is 4.27. The first kappa shape index (κ1) is 15.1. The fourth-order valence-corrected chi connectivity index (χ4v) is 3.44. The maximum atomic E-state index is 13.9. The lowest BCUT2D eigenvalue weighted by atomic mass is 10.1. The predicted molar refractivity (Wildman–Crippen MR) is 81.1 cm³/mol. The first-order valence-electron chi connectivity index (χ1n) is 7.96. The molecule has 1 saturated carbocycles. The molecule has 3 heterocycles. The quantitative estimate of drug-likeness (QED) is 0.863. The third-order valence-corrected chi connectivity index (χ3v) is 4.56. The van der Waals surface area contributed by atoms with Crippen LogP contribution in [0, 0.1) is 5.82 Å². The number of hydrogen-bond acceptors (Lipinski definition) is 5. The number of furan rings is 1. The molecule has 2 fully saturated rings. The first-order chi connectivity index (χ1) is 11.7. The topological polar surface area (TPSA) is 64.8 Å². The van der Waals surface area contributed by atoms with Gasteiger partial charge in [-0.1, -0.05) is 0 Å². The van der Waals surface area contributed by atoms with Gasteiger partial charge in [0.1, 0.15) is 12.4 Å². The molecule has 1 amide bonds. The second-order valence-corrected chi connectivity index (χ2v) is 5.94. The molecule has 3 unspecified atom stereocenters. The summed E-state index contributed by atoms with van der Waals surface area (Å²) in [5.74, 6) is -0.704. The Morgan fingerprint density at radius 2 is 2.29 bits per heavy atom. The molecular formula is C17H17FN2O4. The van der Waals surface area contributed by atoms with E-state index in [-0.39, 0.29) is 23.9 Å². The van der Waals surface area contributed by atoms with Crippen LogP contribution in [0.3, 0.4) is 0 Å². The van der Waals surface area contributed by atoms with Crippen molar-refractivity contribution in [3.05, 3.63) is 48.3 Å². The van der Waals surface area contributed by atoms with Crippen LogP contribution in [-0.4, -0.2) is 47.2 Å². The Kier molecular flexibility index (Phi) is 3.93. The zero-order chi connectivity index (χ0) is 16.5. The van der Waals surface area contributed by atoms with Crippen molar-refractivity contribution in [2.24, 2.45) is 0 Å². The van der Waals surface area contributed by atoms with Gasteiger partial charge in [0.15, 0.2) is 5.82 Å². The molecule has 2 bridgehead atoms. The van der Waals surface area contributed by atoms with E-state index in [4.69, 9.17) is 13.9 Å². The number of ether oxygens (including phenoxy) is 2. The van der Waals surface area contributed by atoms with Crippen molar-refractivity contribution in [1.82, 2.24) is 9.88 Å². The van der Waals surface area contributed by atoms with E-state index in [9.17, 15) is 9.18 Å². The average Bonchev–Trinajstić information content (AvgIpc) is 3.18. The highest BCUT2D eigenvalue weighted by Gasteiger charge is 2.46. The number of aromatic nitrogens is 1. The van der Waals surface area contributed by atoms with Crippen LogP contribution in [0.4, 0.5) is 4.39 Å². The lowest BCUT2D eigenvalue weighted by molar-refractivity contribution is 0.000308. The number of rotatable bonds is 3. The molecule has 3 atom stereocenters. The van der Waals surface area contributed by atoms with Crippen molar-refractivity contribution in [2.45, 2.75) is 31.1 Å². The molecular weight excluding hydrogens is 315 g/mol. The fraction of sp³-hybridized carbons (Fsp3) is 0.412. The Hall–Kier alpha value is -2.41. The standard InChI is InChI=1S/C17H17FN2O4/c18-12-2-1-6-19-16(12)24-15-13-3-4-14(15)23-9-7-20(13)17(21)11-5-8-22-10-11/h1-2,5-6,8,10,13-15H,3-4,7,9H2. The number of carbonyl (C=O) groups is 1. The third-order valence-electron chi connectivity index (χ3n) is 4.56. The highest BCUT2D eigenvalue weighted by molar-refractivity contribution is 5.94. The molecule has 1 saturated heterocycles. The molecule has 0 aromatic carbocycles. The van der Waals surface area contributed by atoms with Crippen molar-refractivity contribution < 1.29 is 23.1 Å². The lowest BCUT2D eigenvalue weighted by Gasteiger charge is -2.31. The van der Waals surface area contributed by atoms with Gasteiger partial charge in [-0.25, -0.2) is 9.37 Å². The Balaban J connectivity index is 1.60. The van der Waals surface area contributed by atoms with Crippen molar-refractivity contribution in [1.29, 1.82) is 0 Å². The van der Waals surface area contributed by atoms with Crippen LogP contribution in [0.1, 0.15) is 23.2 Å². The van der Waals surface area contributed by atoms with E-state index >= 15 is 0 Å². The van der Waals surface area contributed by atoms with Gasteiger partial charge < -0.3 is 18.8 Å². The Morgan fingerprint density at radius 3 is 3.08 bits per heavy atom. The van der Waals surface area contributed by atoms with Gasteiger partial charge in [0.25, 0.3) is 11.8 Å². The zero-order valence-corrected chi connectivity index (χ0v) is 12.9. The monoisotopic (exact) mass is 332 g/mol. The van der Waals surface area contributed by atoms with Crippen molar-refractivity contribution in [2.75, 3.05) is 13.2 Å². The van der Waals surface area contributed by atoms with E-state index in [1.807, 2.05) is 0 Å². The maximum Gasteiger partial charge on any atom is 0.257 e. The van der Waals surface area contributed by atoms with Gasteiger partial charge in [-0.05, 0) is 31.0 Å². The van der Waals surface area contributed by atoms with Crippen LogP contribution in [0.15, 0.2) is 41.3 Å². The van der Waals surface area contributed by atoms with Crippen LogP contribution in [0.25, 0.3) is 0 Å². The molecule has 4 rings (SSSR count). The molecule has 2 aromatic heterocycles. The smallest absolute Gasteiger partial charge is 0.257 e. The molecule has 2 aliphatic rings. The summed E-state index contributed by atoms with van der Waals surface area (Å²) in [4.78, 5) is 18.4. The third kappa shape index (κ3) is 2.65. The van der Waals surface area contributed by atoms with E-state index < -0.39 is 11.9 Å². The molecule has 7 heteroatoms. The fourth-order valence-electron chi connectivity index (χ4n) is 3.44. The Bertz CT molecular complexity index is 721. The predicted octanol–water partition coefficient (Wildman–Crippen LogP) is 2.26. The van der Waals surface area contributed by atoms with Crippen molar-refractivity contribution >= 4 is 5.91 Å². The van der Waals surface area contributed by atoms with Crippen molar-refractivity contribution in [3.8, 4) is 5.88 Å². The molecule has 0 radical (unpaired) electrons. The summed E-state index contributed by atoms with van der Waals surface area (Å²) in [6.45, 7) is 0.894. The van der Waals surface area contributed by atoms with Crippen molar-refractivity contribution in [3.63, 3.8) is 0 Å². The van der Waals surface area contributed by atoms with Gasteiger partial charge in [-0.3, -0.25) is 4.79 Å². The minimum atomic E-state index is -0.520.